The molecular formula is C14H17ClN2O2. The first-order valence-corrected chi connectivity index (χ1v) is 6.91. The van der Waals surface area contributed by atoms with Crippen molar-refractivity contribution in [1.82, 2.24) is 9.55 Å². The van der Waals surface area contributed by atoms with Crippen molar-refractivity contribution in [1.29, 1.82) is 0 Å². The van der Waals surface area contributed by atoms with Gasteiger partial charge in [-0.05, 0) is 25.5 Å². The number of imidazole rings is 1. The number of halogens is 1. The SMILES string of the molecule is COc1ccc2c(c1)nc(CCl)n2C1(C)CCOC1. The number of ether oxygens (including phenoxy) is 2. The second-order valence-electron chi connectivity index (χ2n) is 5.15. The molecule has 1 atom stereocenters. The largest absolute Gasteiger partial charge is 0.497 e. The predicted molar refractivity (Wildman–Crippen MR) is 74.9 cm³/mol. The van der Waals surface area contributed by atoms with E-state index >= 15 is 0 Å². The van der Waals surface area contributed by atoms with E-state index in [9.17, 15) is 0 Å². The molecule has 2 heterocycles. The van der Waals surface area contributed by atoms with Crippen LogP contribution in [0, 0.1) is 0 Å². The Balaban J connectivity index is 2.21. The molecule has 1 aromatic heterocycles. The van der Waals surface area contributed by atoms with E-state index in [4.69, 9.17) is 21.1 Å². The Kier molecular flexibility index (Phi) is 3.15. The summed E-state index contributed by atoms with van der Waals surface area (Å²) in [4.78, 5) is 4.63. The Morgan fingerprint density at radius 1 is 1.53 bits per heavy atom. The lowest BCUT2D eigenvalue weighted by molar-refractivity contribution is 0.162. The molecule has 1 fully saturated rings. The normalized spacial score (nSPS) is 23.1. The van der Waals surface area contributed by atoms with Crippen molar-refractivity contribution in [2.24, 2.45) is 0 Å². The molecule has 1 aliphatic rings. The monoisotopic (exact) mass is 280 g/mol. The van der Waals surface area contributed by atoms with E-state index < -0.39 is 0 Å². The van der Waals surface area contributed by atoms with Crippen molar-refractivity contribution in [3.63, 3.8) is 0 Å². The number of rotatable bonds is 3. The molecular weight excluding hydrogens is 264 g/mol. The molecule has 0 N–H and O–H groups in total. The Labute approximate surface area is 117 Å². The molecule has 0 spiro atoms. The molecule has 5 heteroatoms. The van der Waals surface area contributed by atoms with E-state index in [1.54, 1.807) is 7.11 Å². The molecule has 3 rings (SSSR count). The number of hydrogen-bond acceptors (Lipinski definition) is 3. The minimum absolute atomic E-state index is 0.0619. The number of alkyl halides is 1. The zero-order chi connectivity index (χ0) is 13.5. The maximum Gasteiger partial charge on any atom is 0.125 e. The molecule has 0 aliphatic carbocycles. The number of aromatic nitrogens is 2. The maximum atomic E-state index is 6.06. The fourth-order valence-electron chi connectivity index (χ4n) is 2.76. The second kappa shape index (κ2) is 4.69. The molecule has 102 valence electrons. The fraction of sp³-hybridized carbons (Fsp3) is 0.500. The van der Waals surface area contributed by atoms with Gasteiger partial charge in [0.25, 0.3) is 0 Å². The quantitative estimate of drug-likeness (QED) is 0.811. The van der Waals surface area contributed by atoms with Crippen LogP contribution in [0.5, 0.6) is 5.75 Å². The second-order valence-corrected chi connectivity index (χ2v) is 5.42. The van der Waals surface area contributed by atoms with Crippen LogP contribution in [0.2, 0.25) is 0 Å². The number of benzene rings is 1. The summed E-state index contributed by atoms with van der Waals surface area (Å²) >= 11 is 6.06. The summed E-state index contributed by atoms with van der Waals surface area (Å²) in [5.74, 6) is 2.09. The fourth-order valence-corrected chi connectivity index (χ4v) is 2.94. The van der Waals surface area contributed by atoms with Crippen LogP contribution in [0.1, 0.15) is 19.2 Å². The predicted octanol–water partition coefficient (Wildman–Crippen LogP) is 2.92. The summed E-state index contributed by atoms with van der Waals surface area (Å²) in [6.07, 6.45) is 0.981. The van der Waals surface area contributed by atoms with Gasteiger partial charge in [-0.3, -0.25) is 0 Å². The van der Waals surface area contributed by atoms with Gasteiger partial charge >= 0.3 is 0 Å². The minimum atomic E-state index is -0.0619. The third kappa shape index (κ3) is 1.99. The van der Waals surface area contributed by atoms with E-state index in [0.29, 0.717) is 12.5 Å². The van der Waals surface area contributed by atoms with Gasteiger partial charge in [0.2, 0.25) is 0 Å². The highest BCUT2D eigenvalue weighted by molar-refractivity contribution is 6.16. The number of nitrogens with zero attached hydrogens (tertiary/aromatic N) is 2. The molecule has 4 nitrogen and oxygen atoms in total. The lowest BCUT2D eigenvalue weighted by Gasteiger charge is -2.26. The molecule has 2 aromatic rings. The van der Waals surface area contributed by atoms with Gasteiger partial charge in [0, 0.05) is 12.7 Å². The minimum Gasteiger partial charge on any atom is -0.497 e. The van der Waals surface area contributed by atoms with Crippen molar-refractivity contribution in [2.45, 2.75) is 24.8 Å². The van der Waals surface area contributed by atoms with Crippen molar-refractivity contribution in [3.8, 4) is 5.75 Å². The van der Waals surface area contributed by atoms with E-state index in [2.05, 4.69) is 16.5 Å². The summed E-state index contributed by atoms with van der Waals surface area (Å²) in [5.41, 5.74) is 1.95. The third-order valence-corrected chi connectivity index (χ3v) is 4.03. The van der Waals surface area contributed by atoms with E-state index in [-0.39, 0.29) is 5.54 Å². The summed E-state index contributed by atoms with van der Waals surface area (Å²) in [6, 6.07) is 5.94. The van der Waals surface area contributed by atoms with Gasteiger partial charge in [0.1, 0.15) is 11.6 Å². The Hall–Kier alpha value is -1.26. The molecule has 19 heavy (non-hydrogen) atoms. The van der Waals surface area contributed by atoms with Crippen molar-refractivity contribution >= 4 is 22.6 Å². The smallest absolute Gasteiger partial charge is 0.125 e. The lowest BCUT2D eigenvalue weighted by atomic mass is 10.0. The van der Waals surface area contributed by atoms with Gasteiger partial charge in [-0.25, -0.2) is 4.98 Å². The molecule has 0 bridgehead atoms. The summed E-state index contributed by atoms with van der Waals surface area (Å²) < 4.78 is 13.0. The summed E-state index contributed by atoms with van der Waals surface area (Å²) in [5, 5.41) is 0. The van der Waals surface area contributed by atoms with Gasteiger partial charge in [0.05, 0.1) is 36.2 Å². The van der Waals surface area contributed by atoms with Crippen molar-refractivity contribution in [2.75, 3.05) is 20.3 Å². The maximum absolute atomic E-state index is 6.06. The first-order valence-electron chi connectivity index (χ1n) is 6.37. The average molecular weight is 281 g/mol. The number of fused-ring (bicyclic) bond motifs is 1. The van der Waals surface area contributed by atoms with Crippen LogP contribution in [0.4, 0.5) is 0 Å². The first kappa shape index (κ1) is 12.8. The van der Waals surface area contributed by atoms with E-state index in [1.807, 2.05) is 18.2 Å². The van der Waals surface area contributed by atoms with Crippen LogP contribution in [0.3, 0.4) is 0 Å². The topological polar surface area (TPSA) is 36.3 Å². The van der Waals surface area contributed by atoms with Crippen molar-refractivity contribution < 1.29 is 9.47 Å². The molecule has 1 aliphatic heterocycles. The third-order valence-electron chi connectivity index (χ3n) is 3.79. The molecule has 0 amide bonds. The average Bonchev–Trinajstić information content (AvgIpc) is 3.01. The Morgan fingerprint density at radius 3 is 3.00 bits per heavy atom. The van der Waals surface area contributed by atoms with Crippen LogP contribution in [-0.2, 0) is 16.2 Å². The Morgan fingerprint density at radius 2 is 2.37 bits per heavy atom. The van der Waals surface area contributed by atoms with Crippen LogP contribution in [0.25, 0.3) is 11.0 Å². The zero-order valence-electron chi connectivity index (χ0n) is 11.1. The highest BCUT2D eigenvalue weighted by Gasteiger charge is 2.34. The number of hydrogen-bond donors (Lipinski definition) is 0. The molecule has 1 saturated heterocycles. The molecule has 1 unspecified atom stereocenters. The zero-order valence-corrected chi connectivity index (χ0v) is 11.9. The van der Waals surface area contributed by atoms with Gasteiger partial charge in [0.15, 0.2) is 0 Å². The van der Waals surface area contributed by atoms with Gasteiger partial charge in [-0.1, -0.05) is 0 Å². The standard InChI is InChI=1S/C14H17ClN2O2/c1-14(5-6-19-9-14)17-12-4-3-10(18-2)7-11(12)16-13(17)8-15/h3-4,7H,5-6,8-9H2,1-2H3. The molecule has 0 radical (unpaired) electrons. The van der Waals surface area contributed by atoms with Crippen LogP contribution >= 0.6 is 11.6 Å². The first-order chi connectivity index (χ1) is 9.18. The number of methoxy groups -OCH3 is 1. The van der Waals surface area contributed by atoms with Crippen LogP contribution in [-0.4, -0.2) is 29.9 Å². The van der Waals surface area contributed by atoms with E-state index in [0.717, 1.165) is 35.6 Å². The van der Waals surface area contributed by atoms with Gasteiger partial charge in [-0.15, -0.1) is 11.6 Å². The van der Waals surface area contributed by atoms with E-state index in [1.165, 1.54) is 0 Å². The van der Waals surface area contributed by atoms with Crippen LogP contribution in [0.15, 0.2) is 18.2 Å². The molecule has 1 aromatic carbocycles. The highest BCUT2D eigenvalue weighted by Crippen LogP contribution is 2.33. The van der Waals surface area contributed by atoms with Gasteiger partial charge in [-0.2, -0.15) is 0 Å². The summed E-state index contributed by atoms with van der Waals surface area (Å²) in [7, 11) is 1.66. The van der Waals surface area contributed by atoms with Crippen LogP contribution < -0.4 is 4.74 Å². The summed E-state index contributed by atoms with van der Waals surface area (Å²) in [6.45, 7) is 3.68. The van der Waals surface area contributed by atoms with Crippen molar-refractivity contribution in [3.05, 3.63) is 24.0 Å². The lowest BCUT2D eigenvalue weighted by Crippen LogP contribution is -2.31. The Bertz CT molecular complexity index is 603. The highest BCUT2D eigenvalue weighted by atomic mass is 35.5. The molecule has 0 saturated carbocycles. The van der Waals surface area contributed by atoms with Gasteiger partial charge < -0.3 is 14.0 Å².